The average Bonchev–Trinajstić information content (AvgIpc) is 2.34. The van der Waals surface area contributed by atoms with Crippen LogP contribution in [0.5, 0.6) is 5.75 Å². The number of hydrogen-bond donors (Lipinski definition) is 1. The molecule has 1 N–H and O–H groups in total. The highest BCUT2D eigenvalue weighted by atomic mass is 16.5. The molecule has 94 valence electrons. The molecule has 0 spiro atoms. The minimum Gasteiger partial charge on any atom is -0.508 e. The standard InChI is InChI=1S/C13H19NO3/c1-4-17-9-13(16)14(3)10(2)11-7-5-6-8-12(11)15/h5-8,10,15H,4,9H2,1-3H3. The molecule has 4 heteroatoms. The molecule has 1 atom stereocenters. The van der Waals surface area contributed by atoms with E-state index in [2.05, 4.69) is 0 Å². The van der Waals surface area contributed by atoms with E-state index in [4.69, 9.17) is 4.74 Å². The number of amides is 1. The van der Waals surface area contributed by atoms with Crippen molar-refractivity contribution in [3.63, 3.8) is 0 Å². The molecule has 0 heterocycles. The highest BCUT2D eigenvalue weighted by molar-refractivity contribution is 5.77. The highest BCUT2D eigenvalue weighted by Gasteiger charge is 2.19. The molecule has 0 aliphatic carbocycles. The Morgan fingerprint density at radius 2 is 2.12 bits per heavy atom. The van der Waals surface area contributed by atoms with Crippen molar-refractivity contribution in [1.29, 1.82) is 0 Å². The average molecular weight is 237 g/mol. The van der Waals surface area contributed by atoms with Gasteiger partial charge in [0, 0.05) is 19.2 Å². The summed E-state index contributed by atoms with van der Waals surface area (Å²) in [7, 11) is 1.71. The van der Waals surface area contributed by atoms with Crippen molar-refractivity contribution in [2.24, 2.45) is 0 Å². The van der Waals surface area contributed by atoms with E-state index in [1.165, 1.54) is 0 Å². The Hall–Kier alpha value is -1.55. The van der Waals surface area contributed by atoms with Gasteiger partial charge in [-0.3, -0.25) is 4.79 Å². The molecule has 0 saturated heterocycles. The van der Waals surface area contributed by atoms with E-state index in [-0.39, 0.29) is 24.3 Å². The summed E-state index contributed by atoms with van der Waals surface area (Å²) in [6.45, 7) is 4.31. The van der Waals surface area contributed by atoms with Crippen molar-refractivity contribution in [2.45, 2.75) is 19.9 Å². The van der Waals surface area contributed by atoms with E-state index in [1.54, 1.807) is 24.1 Å². The van der Waals surface area contributed by atoms with Gasteiger partial charge in [0.1, 0.15) is 12.4 Å². The van der Waals surface area contributed by atoms with Crippen LogP contribution < -0.4 is 0 Å². The number of phenols is 1. The summed E-state index contributed by atoms with van der Waals surface area (Å²) in [4.78, 5) is 13.3. The number of benzene rings is 1. The maximum absolute atomic E-state index is 11.7. The molecule has 0 aliphatic heterocycles. The fourth-order valence-corrected chi connectivity index (χ4v) is 1.56. The van der Waals surface area contributed by atoms with Gasteiger partial charge in [0.2, 0.25) is 5.91 Å². The maximum atomic E-state index is 11.7. The van der Waals surface area contributed by atoms with Crippen LogP contribution in [0.15, 0.2) is 24.3 Å². The van der Waals surface area contributed by atoms with Crippen LogP contribution in [0.3, 0.4) is 0 Å². The maximum Gasteiger partial charge on any atom is 0.248 e. The summed E-state index contributed by atoms with van der Waals surface area (Å²) >= 11 is 0. The Balaban J connectivity index is 2.72. The van der Waals surface area contributed by atoms with Gasteiger partial charge in [-0.1, -0.05) is 18.2 Å². The van der Waals surface area contributed by atoms with E-state index in [1.807, 2.05) is 26.0 Å². The third-order valence-electron chi connectivity index (χ3n) is 2.79. The first kappa shape index (κ1) is 13.5. The summed E-state index contributed by atoms with van der Waals surface area (Å²) in [5.74, 6) is 0.110. The number of carbonyl (C=O) groups is 1. The van der Waals surface area contributed by atoms with Crippen molar-refractivity contribution in [2.75, 3.05) is 20.3 Å². The SMILES string of the molecule is CCOCC(=O)N(C)C(C)c1ccccc1O. The fraction of sp³-hybridized carbons (Fsp3) is 0.462. The predicted molar refractivity (Wildman–Crippen MR) is 65.8 cm³/mol. The molecule has 1 unspecified atom stereocenters. The van der Waals surface area contributed by atoms with E-state index in [0.29, 0.717) is 6.61 Å². The lowest BCUT2D eigenvalue weighted by Crippen LogP contribution is -2.32. The summed E-state index contributed by atoms with van der Waals surface area (Å²) in [5.41, 5.74) is 0.736. The topological polar surface area (TPSA) is 49.8 Å². The minimum absolute atomic E-state index is 0.0743. The van der Waals surface area contributed by atoms with Gasteiger partial charge < -0.3 is 14.7 Å². The zero-order valence-corrected chi connectivity index (χ0v) is 10.5. The lowest BCUT2D eigenvalue weighted by atomic mass is 10.1. The van der Waals surface area contributed by atoms with Gasteiger partial charge in [-0.05, 0) is 19.9 Å². The second-order valence-corrected chi connectivity index (χ2v) is 3.88. The Morgan fingerprint density at radius 3 is 2.71 bits per heavy atom. The molecule has 1 amide bonds. The van der Waals surface area contributed by atoms with Gasteiger partial charge >= 0.3 is 0 Å². The largest absolute Gasteiger partial charge is 0.508 e. The Bertz CT molecular complexity index is 379. The van der Waals surface area contributed by atoms with E-state index >= 15 is 0 Å². The third-order valence-corrected chi connectivity index (χ3v) is 2.79. The molecule has 1 aromatic carbocycles. The molecule has 17 heavy (non-hydrogen) atoms. The van der Waals surface area contributed by atoms with Gasteiger partial charge in [-0.15, -0.1) is 0 Å². The van der Waals surface area contributed by atoms with Gasteiger partial charge in [0.05, 0.1) is 6.04 Å². The van der Waals surface area contributed by atoms with Gasteiger partial charge in [-0.2, -0.15) is 0 Å². The zero-order valence-electron chi connectivity index (χ0n) is 10.5. The Labute approximate surface area is 102 Å². The summed E-state index contributed by atoms with van der Waals surface area (Å²) in [6.07, 6.45) is 0. The predicted octanol–water partition coefficient (Wildman–Crippen LogP) is 1.95. The molecule has 1 aromatic rings. The first-order chi connectivity index (χ1) is 8.07. The number of nitrogens with zero attached hydrogens (tertiary/aromatic N) is 1. The second kappa shape index (κ2) is 6.25. The number of carbonyl (C=O) groups excluding carboxylic acids is 1. The van der Waals surface area contributed by atoms with Crippen LogP contribution in [0.1, 0.15) is 25.5 Å². The molecular weight excluding hydrogens is 218 g/mol. The van der Waals surface area contributed by atoms with E-state index in [9.17, 15) is 9.90 Å². The van der Waals surface area contributed by atoms with Crippen LogP contribution in [0.25, 0.3) is 0 Å². The summed E-state index contributed by atoms with van der Waals surface area (Å²) in [5, 5.41) is 9.72. The van der Waals surface area contributed by atoms with Crippen LogP contribution in [-0.2, 0) is 9.53 Å². The fourth-order valence-electron chi connectivity index (χ4n) is 1.56. The quantitative estimate of drug-likeness (QED) is 0.851. The number of para-hydroxylation sites is 1. The van der Waals surface area contributed by atoms with Gasteiger partial charge in [-0.25, -0.2) is 0 Å². The molecule has 0 aliphatic rings. The summed E-state index contributed by atoms with van der Waals surface area (Å²) in [6, 6.07) is 6.85. The number of ether oxygens (including phenoxy) is 1. The third kappa shape index (κ3) is 3.46. The van der Waals surface area contributed by atoms with Crippen LogP contribution in [0.2, 0.25) is 0 Å². The number of likely N-dealkylation sites (N-methyl/N-ethyl adjacent to an activating group) is 1. The van der Waals surface area contributed by atoms with Gasteiger partial charge in [0.25, 0.3) is 0 Å². The Morgan fingerprint density at radius 1 is 1.47 bits per heavy atom. The van der Waals surface area contributed by atoms with Crippen LogP contribution >= 0.6 is 0 Å². The van der Waals surface area contributed by atoms with Crippen LogP contribution in [-0.4, -0.2) is 36.2 Å². The lowest BCUT2D eigenvalue weighted by molar-refractivity contribution is -0.136. The van der Waals surface area contributed by atoms with Gasteiger partial charge in [0.15, 0.2) is 0 Å². The lowest BCUT2D eigenvalue weighted by Gasteiger charge is -2.25. The molecule has 0 fully saturated rings. The van der Waals surface area contributed by atoms with Crippen molar-refractivity contribution in [1.82, 2.24) is 4.90 Å². The molecule has 0 saturated carbocycles. The van der Waals surface area contributed by atoms with Crippen molar-refractivity contribution in [3.05, 3.63) is 29.8 Å². The second-order valence-electron chi connectivity index (χ2n) is 3.88. The smallest absolute Gasteiger partial charge is 0.248 e. The normalized spacial score (nSPS) is 12.2. The summed E-state index contributed by atoms with van der Waals surface area (Å²) < 4.78 is 5.08. The number of phenolic OH excluding ortho intramolecular Hbond substituents is 1. The monoisotopic (exact) mass is 237 g/mol. The van der Waals surface area contributed by atoms with Crippen molar-refractivity contribution < 1.29 is 14.6 Å². The van der Waals surface area contributed by atoms with Crippen LogP contribution in [0.4, 0.5) is 0 Å². The van der Waals surface area contributed by atoms with E-state index in [0.717, 1.165) is 5.56 Å². The molecule has 0 aromatic heterocycles. The van der Waals surface area contributed by atoms with E-state index < -0.39 is 0 Å². The molecule has 0 bridgehead atoms. The van der Waals surface area contributed by atoms with Crippen molar-refractivity contribution >= 4 is 5.91 Å². The number of aromatic hydroxyl groups is 1. The van der Waals surface area contributed by atoms with Crippen LogP contribution in [0, 0.1) is 0 Å². The minimum atomic E-state index is -0.177. The first-order valence-electron chi connectivity index (χ1n) is 5.69. The zero-order chi connectivity index (χ0) is 12.8. The Kier molecular flexibility index (Phi) is 4.97. The highest BCUT2D eigenvalue weighted by Crippen LogP contribution is 2.26. The van der Waals surface area contributed by atoms with Crippen molar-refractivity contribution in [3.8, 4) is 5.75 Å². The number of rotatable bonds is 5. The molecule has 0 radical (unpaired) electrons. The molecule has 1 rings (SSSR count). The molecular formula is C13H19NO3. The number of hydrogen-bond acceptors (Lipinski definition) is 3. The first-order valence-corrected chi connectivity index (χ1v) is 5.69. The molecule has 4 nitrogen and oxygen atoms in total.